The summed E-state index contributed by atoms with van der Waals surface area (Å²) in [6, 6.07) is 5.52. The first kappa shape index (κ1) is 19.0. The highest BCUT2D eigenvalue weighted by atomic mass is 16.5. The summed E-state index contributed by atoms with van der Waals surface area (Å²) in [6.45, 7) is 2.77. The van der Waals surface area contributed by atoms with E-state index in [0.29, 0.717) is 31.2 Å². The van der Waals surface area contributed by atoms with Crippen molar-refractivity contribution in [2.45, 2.75) is 19.4 Å². The molecule has 1 saturated heterocycles. The number of rotatable bonds is 4. The molecular weight excluding hydrogens is 373 g/mol. The first-order valence-electron chi connectivity index (χ1n) is 9.27. The first-order valence-corrected chi connectivity index (χ1v) is 9.27. The molecule has 1 aromatic heterocycles. The number of nitrogens with two attached hydrogens (primary N) is 1. The Morgan fingerprint density at radius 3 is 3.10 bits per heavy atom. The number of amides is 1. The van der Waals surface area contributed by atoms with Gasteiger partial charge in [-0.05, 0) is 37.0 Å². The fourth-order valence-corrected chi connectivity index (χ4v) is 3.59. The molecule has 3 heterocycles. The lowest BCUT2D eigenvalue weighted by Crippen LogP contribution is -2.29. The molecule has 4 rings (SSSR count). The van der Waals surface area contributed by atoms with Crippen molar-refractivity contribution in [1.82, 2.24) is 9.78 Å². The second kappa shape index (κ2) is 7.62. The van der Waals surface area contributed by atoms with Gasteiger partial charge in [-0.3, -0.25) is 9.48 Å². The van der Waals surface area contributed by atoms with Crippen LogP contribution in [0.2, 0.25) is 0 Å². The average molecular weight is 393 g/mol. The topological polar surface area (TPSA) is 135 Å². The van der Waals surface area contributed by atoms with Crippen molar-refractivity contribution < 1.29 is 19.2 Å². The molecule has 0 radical (unpaired) electrons. The van der Waals surface area contributed by atoms with Crippen LogP contribution in [0, 0.1) is 24.2 Å². The van der Waals surface area contributed by atoms with Gasteiger partial charge < -0.3 is 25.5 Å². The fraction of sp³-hybridized carbons (Fsp3) is 0.316. The molecule has 2 aromatic rings. The van der Waals surface area contributed by atoms with Crippen molar-refractivity contribution in [3.8, 4) is 11.8 Å². The lowest BCUT2D eigenvalue weighted by molar-refractivity contribution is 0.0342. The molecule has 1 amide bonds. The van der Waals surface area contributed by atoms with Crippen LogP contribution in [0.25, 0.3) is 6.08 Å². The third kappa shape index (κ3) is 3.58. The van der Waals surface area contributed by atoms with Gasteiger partial charge >= 0.3 is 7.12 Å². The van der Waals surface area contributed by atoms with E-state index in [2.05, 4.69) is 16.5 Å². The number of nitriles is 1. The summed E-state index contributed by atoms with van der Waals surface area (Å²) in [7, 11) is -0.969. The normalized spacial score (nSPS) is 20.5. The van der Waals surface area contributed by atoms with E-state index in [1.807, 2.05) is 6.92 Å². The number of carbonyl (C=O) groups is 1. The van der Waals surface area contributed by atoms with Crippen LogP contribution in [0.3, 0.4) is 0 Å². The van der Waals surface area contributed by atoms with Gasteiger partial charge in [0.05, 0.1) is 24.6 Å². The van der Waals surface area contributed by atoms with Crippen molar-refractivity contribution in [3.05, 3.63) is 41.0 Å². The van der Waals surface area contributed by atoms with Crippen LogP contribution in [0.4, 0.5) is 11.5 Å². The third-order valence-electron chi connectivity index (χ3n) is 5.23. The molecule has 2 atom stereocenters. The van der Waals surface area contributed by atoms with E-state index in [0.717, 1.165) is 16.8 Å². The molecule has 29 heavy (non-hydrogen) atoms. The molecule has 0 spiro atoms. The zero-order valence-electron chi connectivity index (χ0n) is 15.8. The number of carbonyl (C=O) groups excluding carboxylic acids is 1. The van der Waals surface area contributed by atoms with E-state index >= 15 is 0 Å². The van der Waals surface area contributed by atoms with Crippen molar-refractivity contribution in [2.75, 3.05) is 18.5 Å². The lowest BCUT2D eigenvalue weighted by Gasteiger charge is -2.27. The average Bonchev–Trinajstić information content (AvgIpc) is 3.14. The molecule has 1 unspecified atom stereocenters. The number of hydrogen-bond donors (Lipinski definition) is 3. The summed E-state index contributed by atoms with van der Waals surface area (Å²) in [5, 5.41) is 26.7. The van der Waals surface area contributed by atoms with Gasteiger partial charge in [0, 0.05) is 24.1 Å². The third-order valence-corrected chi connectivity index (χ3v) is 5.23. The Morgan fingerprint density at radius 1 is 1.52 bits per heavy atom. The van der Waals surface area contributed by atoms with E-state index < -0.39 is 13.0 Å². The lowest BCUT2D eigenvalue weighted by atomic mass is 9.85. The fourth-order valence-electron chi connectivity index (χ4n) is 3.59. The zero-order valence-corrected chi connectivity index (χ0v) is 15.8. The zero-order chi connectivity index (χ0) is 20.5. The highest BCUT2D eigenvalue weighted by molar-refractivity contribution is 6.51. The number of ether oxygens (including phenoxy) is 1. The molecule has 0 saturated carbocycles. The number of fused-ring (bicyclic) bond motifs is 1. The largest absolute Gasteiger partial charge is 0.552 e. The molecule has 1 fully saturated rings. The highest BCUT2D eigenvalue weighted by Gasteiger charge is 2.30. The molecule has 10 heteroatoms. The predicted octanol–water partition coefficient (Wildman–Crippen LogP) is 1.56. The van der Waals surface area contributed by atoms with Crippen molar-refractivity contribution >= 4 is 30.6 Å². The molecule has 9 nitrogen and oxygen atoms in total. The van der Waals surface area contributed by atoms with Crippen LogP contribution in [-0.2, 0) is 4.74 Å². The Hall–Kier alpha value is -3.29. The van der Waals surface area contributed by atoms with Crippen LogP contribution in [0.15, 0.2) is 24.3 Å². The maximum atomic E-state index is 12.0. The van der Waals surface area contributed by atoms with Crippen LogP contribution >= 0.6 is 0 Å². The minimum absolute atomic E-state index is 0.228. The van der Waals surface area contributed by atoms with Crippen LogP contribution in [0.1, 0.15) is 33.9 Å². The summed E-state index contributed by atoms with van der Waals surface area (Å²) < 4.78 is 12.5. The first-order chi connectivity index (χ1) is 14.0. The number of benzene rings is 1. The Morgan fingerprint density at radius 2 is 2.34 bits per heavy atom. The molecule has 0 aliphatic carbocycles. The Labute approximate surface area is 167 Å². The smallest absolute Gasteiger partial charge is 0.532 e. The van der Waals surface area contributed by atoms with E-state index in [-0.39, 0.29) is 17.5 Å². The summed E-state index contributed by atoms with van der Waals surface area (Å²) in [6.07, 6.45) is 3.95. The molecule has 4 N–H and O–H groups in total. The van der Waals surface area contributed by atoms with E-state index in [4.69, 9.17) is 15.1 Å². The minimum atomic E-state index is -0.969. The number of nitrogens with one attached hydrogen (secondary N) is 1. The summed E-state index contributed by atoms with van der Waals surface area (Å²) in [4.78, 5) is 12.0. The molecule has 1 aromatic carbocycles. The predicted molar refractivity (Wildman–Crippen MR) is 106 cm³/mol. The monoisotopic (exact) mass is 393 g/mol. The molecule has 148 valence electrons. The number of hydrogen-bond acceptors (Lipinski definition) is 7. The molecule has 2 aliphatic heterocycles. The van der Waals surface area contributed by atoms with Gasteiger partial charge in [-0.2, -0.15) is 10.4 Å². The van der Waals surface area contributed by atoms with Crippen LogP contribution < -0.4 is 15.7 Å². The van der Waals surface area contributed by atoms with Gasteiger partial charge in [0.15, 0.2) is 5.82 Å². The molecule has 2 aliphatic rings. The number of primary amides is 1. The summed E-state index contributed by atoms with van der Waals surface area (Å²) in [5.74, 6) is 1.55. The minimum Gasteiger partial charge on any atom is -0.532 e. The SMILES string of the molecule is Cc1c(Nc2nn([C@H]3COCCC3C#N)cc2C(N)=O)ccc2c1C=CB(O)O2. The van der Waals surface area contributed by atoms with Gasteiger partial charge in [0.1, 0.15) is 11.3 Å². The van der Waals surface area contributed by atoms with Crippen LogP contribution in [0.5, 0.6) is 5.75 Å². The number of aromatic nitrogens is 2. The van der Waals surface area contributed by atoms with Crippen LogP contribution in [-0.4, -0.2) is 41.0 Å². The van der Waals surface area contributed by atoms with Gasteiger partial charge in [0.25, 0.3) is 5.91 Å². The van der Waals surface area contributed by atoms with Crippen molar-refractivity contribution in [2.24, 2.45) is 11.7 Å². The maximum absolute atomic E-state index is 12.0. The maximum Gasteiger partial charge on any atom is 0.552 e. The van der Waals surface area contributed by atoms with Gasteiger partial charge in [0.2, 0.25) is 0 Å². The van der Waals surface area contributed by atoms with E-state index in [1.54, 1.807) is 35.1 Å². The van der Waals surface area contributed by atoms with E-state index in [9.17, 15) is 15.1 Å². The highest BCUT2D eigenvalue weighted by Crippen LogP contribution is 2.34. The van der Waals surface area contributed by atoms with E-state index in [1.165, 1.54) is 0 Å². The molecule has 0 bridgehead atoms. The Bertz CT molecular complexity index is 1030. The van der Waals surface area contributed by atoms with Crippen molar-refractivity contribution in [1.29, 1.82) is 5.26 Å². The quantitative estimate of drug-likeness (QED) is 0.671. The Kier molecular flexibility index (Phi) is 5.00. The van der Waals surface area contributed by atoms with Gasteiger partial charge in [-0.25, -0.2) is 0 Å². The summed E-state index contributed by atoms with van der Waals surface area (Å²) >= 11 is 0. The standard InChI is InChI=1S/C19H20BN5O4/c1-11-13-4-6-20(27)29-17(13)3-2-15(11)23-19-14(18(22)26)9-25(24-19)16-10-28-7-5-12(16)8-21/h2-4,6,9,12,16,27H,5,7,10H2,1H3,(H2,22,26)(H,23,24)/t12?,16-/m0/s1. The number of nitrogens with zero attached hydrogens (tertiary/aromatic N) is 3. The van der Waals surface area contributed by atoms with Gasteiger partial charge in [-0.1, -0.05) is 6.08 Å². The van der Waals surface area contributed by atoms with Gasteiger partial charge in [-0.15, -0.1) is 0 Å². The Balaban J connectivity index is 1.68. The second-order valence-corrected chi connectivity index (χ2v) is 7.04. The number of anilines is 2. The molecular formula is C19H20BN5O4. The summed E-state index contributed by atoms with van der Waals surface area (Å²) in [5.41, 5.74) is 8.20. The second-order valence-electron chi connectivity index (χ2n) is 7.04. The van der Waals surface area contributed by atoms with Crippen molar-refractivity contribution in [3.63, 3.8) is 0 Å².